The van der Waals surface area contributed by atoms with Crippen LogP contribution in [-0.4, -0.2) is 22.4 Å². The lowest BCUT2D eigenvalue weighted by Crippen LogP contribution is -2.43. The van der Waals surface area contributed by atoms with E-state index in [2.05, 4.69) is 6.58 Å². The summed E-state index contributed by atoms with van der Waals surface area (Å²) in [5, 5.41) is 0. The standard InChI is InChI=1S/C24H21F2N3O3/c1-13-9-10-18(17(26)11-13)29-15(3)27(4)24(31)22-20(12-21(30)28(5)23(22)29)32-19-8-6-7-16(25)14(19)2/h6-12H,3H2,1-2,4-5H3. The molecule has 1 amide bonds. The number of benzene rings is 2. The predicted octanol–water partition coefficient (Wildman–Crippen LogP) is 4.77. The number of nitrogens with zero attached hydrogens (tertiary/aromatic N) is 3. The number of hydrogen-bond acceptors (Lipinski definition) is 4. The van der Waals surface area contributed by atoms with Gasteiger partial charge in [-0.3, -0.25) is 24.0 Å². The molecule has 1 aliphatic rings. The number of pyridine rings is 1. The van der Waals surface area contributed by atoms with Crippen LogP contribution in [0.25, 0.3) is 0 Å². The average molecular weight is 437 g/mol. The highest BCUT2D eigenvalue weighted by Crippen LogP contribution is 2.42. The Hall–Kier alpha value is -3.94. The summed E-state index contributed by atoms with van der Waals surface area (Å²) in [5.74, 6) is -1.14. The van der Waals surface area contributed by atoms with E-state index >= 15 is 0 Å². The second-order valence-corrected chi connectivity index (χ2v) is 7.64. The fraction of sp³-hybridized carbons (Fsp3) is 0.167. The molecule has 0 unspecified atom stereocenters. The molecule has 1 aromatic heterocycles. The SMILES string of the molecule is C=C1N(C)C(=O)c2c(Oc3cccc(F)c3C)cc(=O)n(C)c2N1c1ccc(C)cc1F. The van der Waals surface area contributed by atoms with Gasteiger partial charge in [-0.2, -0.15) is 0 Å². The molecule has 164 valence electrons. The Kier molecular flexibility index (Phi) is 5.08. The first-order chi connectivity index (χ1) is 15.1. The fourth-order valence-corrected chi connectivity index (χ4v) is 3.63. The van der Waals surface area contributed by atoms with Crippen LogP contribution >= 0.6 is 0 Å². The zero-order chi connectivity index (χ0) is 23.3. The van der Waals surface area contributed by atoms with E-state index in [0.717, 1.165) is 6.07 Å². The minimum absolute atomic E-state index is 0.0330. The molecular weight excluding hydrogens is 416 g/mol. The van der Waals surface area contributed by atoms with Crippen LogP contribution < -0.4 is 15.2 Å². The third-order valence-electron chi connectivity index (χ3n) is 5.53. The largest absolute Gasteiger partial charge is 0.456 e. The number of aromatic nitrogens is 1. The van der Waals surface area contributed by atoms with Gasteiger partial charge in [-0.1, -0.05) is 18.7 Å². The first-order valence-corrected chi connectivity index (χ1v) is 9.82. The van der Waals surface area contributed by atoms with E-state index < -0.39 is 23.1 Å². The van der Waals surface area contributed by atoms with Crippen molar-refractivity contribution in [2.75, 3.05) is 11.9 Å². The van der Waals surface area contributed by atoms with Crippen molar-refractivity contribution in [1.82, 2.24) is 9.47 Å². The van der Waals surface area contributed by atoms with Crippen LogP contribution in [0.2, 0.25) is 0 Å². The molecule has 0 saturated carbocycles. The number of anilines is 2. The van der Waals surface area contributed by atoms with E-state index in [4.69, 9.17) is 4.74 Å². The molecule has 0 atom stereocenters. The minimum atomic E-state index is -0.542. The predicted molar refractivity (Wildman–Crippen MR) is 117 cm³/mol. The van der Waals surface area contributed by atoms with Gasteiger partial charge >= 0.3 is 0 Å². The highest BCUT2D eigenvalue weighted by molar-refractivity contribution is 6.06. The van der Waals surface area contributed by atoms with Crippen molar-refractivity contribution in [1.29, 1.82) is 0 Å². The lowest BCUT2D eigenvalue weighted by molar-refractivity contribution is 0.0823. The molecule has 2 heterocycles. The van der Waals surface area contributed by atoms with Crippen molar-refractivity contribution < 1.29 is 18.3 Å². The van der Waals surface area contributed by atoms with Crippen LogP contribution in [-0.2, 0) is 7.05 Å². The van der Waals surface area contributed by atoms with E-state index in [1.54, 1.807) is 19.1 Å². The molecule has 0 fully saturated rings. The Labute approximate surface area is 183 Å². The average Bonchev–Trinajstić information content (AvgIpc) is 2.74. The molecule has 0 spiro atoms. The zero-order valence-electron chi connectivity index (χ0n) is 18.1. The molecule has 32 heavy (non-hydrogen) atoms. The fourth-order valence-electron chi connectivity index (χ4n) is 3.63. The number of rotatable bonds is 3. The quantitative estimate of drug-likeness (QED) is 0.593. The third kappa shape index (κ3) is 3.24. The number of ether oxygens (including phenoxy) is 1. The molecular formula is C24H21F2N3O3. The van der Waals surface area contributed by atoms with Crippen LogP contribution in [0.5, 0.6) is 11.5 Å². The van der Waals surface area contributed by atoms with Gasteiger partial charge in [0.05, 0.1) is 5.69 Å². The molecule has 3 aromatic rings. The van der Waals surface area contributed by atoms with Crippen LogP contribution in [0.4, 0.5) is 20.3 Å². The van der Waals surface area contributed by atoms with E-state index in [9.17, 15) is 18.4 Å². The number of carbonyl (C=O) groups is 1. The third-order valence-corrected chi connectivity index (χ3v) is 5.53. The molecule has 0 N–H and O–H groups in total. The lowest BCUT2D eigenvalue weighted by atomic mass is 10.1. The smallest absolute Gasteiger partial charge is 0.266 e. The Morgan fingerprint density at radius 2 is 1.66 bits per heavy atom. The number of aryl methyl sites for hydroxylation is 1. The molecule has 1 aliphatic heterocycles. The molecule has 0 bridgehead atoms. The highest BCUT2D eigenvalue weighted by atomic mass is 19.1. The van der Waals surface area contributed by atoms with E-state index in [1.165, 1.54) is 59.7 Å². The number of carbonyl (C=O) groups excluding carboxylic acids is 1. The van der Waals surface area contributed by atoms with E-state index in [0.29, 0.717) is 5.56 Å². The summed E-state index contributed by atoms with van der Waals surface area (Å²) in [6, 6.07) is 10.1. The van der Waals surface area contributed by atoms with Crippen molar-refractivity contribution in [3.8, 4) is 11.5 Å². The molecule has 0 saturated heterocycles. The number of halogens is 2. The van der Waals surface area contributed by atoms with Crippen molar-refractivity contribution in [3.63, 3.8) is 0 Å². The van der Waals surface area contributed by atoms with Gasteiger partial charge in [0.2, 0.25) is 0 Å². The summed E-state index contributed by atoms with van der Waals surface area (Å²) in [4.78, 5) is 28.7. The summed E-state index contributed by atoms with van der Waals surface area (Å²) in [6.07, 6.45) is 0. The Morgan fingerprint density at radius 3 is 2.34 bits per heavy atom. The maximum atomic E-state index is 15.0. The van der Waals surface area contributed by atoms with Gasteiger partial charge < -0.3 is 4.74 Å². The first kappa shape index (κ1) is 21.3. The number of hydrogen-bond donors (Lipinski definition) is 0. The molecule has 0 aliphatic carbocycles. The van der Waals surface area contributed by atoms with Gasteiger partial charge in [-0.05, 0) is 43.7 Å². The van der Waals surface area contributed by atoms with Crippen LogP contribution in [0.1, 0.15) is 21.5 Å². The highest BCUT2D eigenvalue weighted by Gasteiger charge is 2.38. The summed E-state index contributed by atoms with van der Waals surface area (Å²) in [7, 11) is 2.97. The summed E-state index contributed by atoms with van der Waals surface area (Å²) in [5.41, 5.74) is 0.604. The molecule has 8 heteroatoms. The van der Waals surface area contributed by atoms with Gasteiger partial charge in [-0.15, -0.1) is 0 Å². The van der Waals surface area contributed by atoms with Gasteiger partial charge in [0, 0.05) is 25.7 Å². The lowest BCUT2D eigenvalue weighted by Gasteiger charge is -2.39. The van der Waals surface area contributed by atoms with Crippen LogP contribution in [0.15, 0.2) is 59.7 Å². The van der Waals surface area contributed by atoms with Crippen molar-refractivity contribution in [2.24, 2.45) is 7.05 Å². The van der Waals surface area contributed by atoms with Gasteiger partial charge in [-0.25, -0.2) is 8.78 Å². The molecule has 0 radical (unpaired) electrons. The second-order valence-electron chi connectivity index (χ2n) is 7.64. The first-order valence-electron chi connectivity index (χ1n) is 9.82. The molecule has 2 aromatic carbocycles. The maximum absolute atomic E-state index is 15.0. The zero-order valence-corrected chi connectivity index (χ0v) is 18.1. The van der Waals surface area contributed by atoms with E-state index in [1.807, 2.05) is 0 Å². The van der Waals surface area contributed by atoms with Crippen LogP contribution in [0, 0.1) is 25.5 Å². The topological polar surface area (TPSA) is 54.8 Å². The van der Waals surface area contributed by atoms with Crippen molar-refractivity contribution in [2.45, 2.75) is 13.8 Å². The Balaban J connectivity index is 2.00. The summed E-state index contributed by atoms with van der Waals surface area (Å²) >= 11 is 0. The molecule has 6 nitrogen and oxygen atoms in total. The minimum Gasteiger partial charge on any atom is -0.456 e. The summed E-state index contributed by atoms with van der Waals surface area (Å²) < 4.78 is 36.1. The van der Waals surface area contributed by atoms with Gasteiger partial charge in [0.25, 0.3) is 11.5 Å². The Morgan fingerprint density at radius 1 is 0.938 bits per heavy atom. The normalized spacial score (nSPS) is 13.4. The van der Waals surface area contributed by atoms with Gasteiger partial charge in [0.15, 0.2) is 0 Å². The van der Waals surface area contributed by atoms with Crippen molar-refractivity contribution in [3.05, 3.63) is 93.5 Å². The van der Waals surface area contributed by atoms with Crippen LogP contribution in [0.3, 0.4) is 0 Å². The van der Waals surface area contributed by atoms with E-state index in [-0.39, 0.29) is 40.0 Å². The number of amides is 1. The number of fused-ring (bicyclic) bond motifs is 1. The maximum Gasteiger partial charge on any atom is 0.266 e. The second kappa shape index (κ2) is 7.64. The van der Waals surface area contributed by atoms with Gasteiger partial charge in [0.1, 0.15) is 40.3 Å². The Bertz CT molecular complexity index is 1350. The molecule has 4 rings (SSSR count). The van der Waals surface area contributed by atoms with Crippen molar-refractivity contribution >= 4 is 17.4 Å². The monoisotopic (exact) mass is 437 g/mol. The summed E-state index contributed by atoms with van der Waals surface area (Å²) in [6.45, 7) is 7.22.